The normalized spacial score (nSPS) is 10.3. The summed E-state index contributed by atoms with van der Waals surface area (Å²) in [5.41, 5.74) is 8.91. The Bertz CT molecular complexity index is 525. The lowest BCUT2D eigenvalue weighted by atomic mass is 10.1. The van der Waals surface area contributed by atoms with Crippen LogP contribution in [-0.2, 0) is 6.42 Å². The number of likely N-dealkylation sites (N-methyl/N-ethyl adjacent to an activating group) is 1. The summed E-state index contributed by atoms with van der Waals surface area (Å²) in [5, 5.41) is 9.44. The molecule has 0 unspecified atom stereocenters. The Morgan fingerprint density at radius 2 is 1.89 bits per heavy atom. The van der Waals surface area contributed by atoms with Crippen molar-refractivity contribution in [1.82, 2.24) is 0 Å². The number of para-hydroxylation sites is 1. The van der Waals surface area contributed by atoms with Gasteiger partial charge in [-0.1, -0.05) is 24.3 Å². The van der Waals surface area contributed by atoms with Crippen molar-refractivity contribution in [3.8, 4) is 5.75 Å². The van der Waals surface area contributed by atoms with Crippen LogP contribution in [0.5, 0.6) is 5.75 Å². The molecule has 0 bridgehead atoms. The molecule has 18 heavy (non-hydrogen) atoms. The van der Waals surface area contributed by atoms with Crippen LogP contribution >= 0.6 is 0 Å². The summed E-state index contributed by atoms with van der Waals surface area (Å²) >= 11 is 0. The van der Waals surface area contributed by atoms with Gasteiger partial charge in [0.15, 0.2) is 0 Å². The molecule has 0 amide bonds. The van der Waals surface area contributed by atoms with Crippen molar-refractivity contribution >= 4 is 11.4 Å². The van der Waals surface area contributed by atoms with Gasteiger partial charge in [-0.05, 0) is 30.2 Å². The van der Waals surface area contributed by atoms with Crippen LogP contribution < -0.4 is 10.6 Å². The van der Waals surface area contributed by atoms with Gasteiger partial charge in [0.05, 0.1) is 0 Å². The third-order valence-corrected chi connectivity index (χ3v) is 3.04. The van der Waals surface area contributed by atoms with E-state index in [1.807, 2.05) is 43.4 Å². The van der Waals surface area contributed by atoms with Crippen molar-refractivity contribution in [3.05, 3.63) is 54.1 Å². The van der Waals surface area contributed by atoms with E-state index in [2.05, 4.69) is 4.90 Å². The van der Waals surface area contributed by atoms with E-state index in [1.165, 1.54) is 0 Å². The van der Waals surface area contributed by atoms with Crippen LogP contribution in [0.1, 0.15) is 5.56 Å². The van der Waals surface area contributed by atoms with Crippen LogP contribution in [0.2, 0.25) is 0 Å². The minimum Gasteiger partial charge on any atom is -0.508 e. The SMILES string of the molecule is CN(CCc1ccccc1N)c1cccc(O)c1. The van der Waals surface area contributed by atoms with Gasteiger partial charge in [-0.2, -0.15) is 0 Å². The van der Waals surface area contributed by atoms with Crippen molar-refractivity contribution < 1.29 is 5.11 Å². The number of rotatable bonds is 4. The first kappa shape index (κ1) is 12.3. The van der Waals surface area contributed by atoms with Crippen LogP contribution in [0.3, 0.4) is 0 Å². The van der Waals surface area contributed by atoms with Gasteiger partial charge in [-0.3, -0.25) is 0 Å². The number of anilines is 2. The monoisotopic (exact) mass is 242 g/mol. The number of benzene rings is 2. The van der Waals surface area contributed by atoms with E-state index in [-0.39, 0.29) is 0 Å². The molecule has 3 N–H and O–H groups in total. The molecular weight excluding hydrogens is 224 g/mol. The molecule has 0 aliphatic rings. The Labute approximate surface area is 107 Å². The Hall–Kier alpha value is -2.16. The lowest BCUT2D eigenvalue weighted by Crippen LogP contribution is -2.20. The maximum atomic E-state index is 9.44. The average Bonchev–Trinajstić information content (AvgIpc) is 2.37. The fourth-order valence-electron chi connectivity index (χ4n) is 1.91. The molecule has 0 fully saturated rings. The topological polar surface area (TPSA) is 49.5 Å². The molecule has 2 rings (SSSR count). The van der Waals surface area contributed by atoms with Gasteiger partial charge in [0.25, 0.3) is 0 Å². The largest absolute Gasteiger partial charge is 0.508 e. The summed E-state index contributed by atoms with van der Waals surface area (Å²) in [4.78, 5) is 2.10. The van der Waals surface area contributed by atoms with E-state index in [4.69, 9.17) is 5.73 Å². The standard InChI is InChI=1S/C15H18N2O/c1-17(13-6-4-7-14(18)11-13)10-9-12-5-2-3-8-15(12)16/h2-8,11,18H,9-10,16H2,1H3. The summed E-state index contributed by atoms with van der Waals surface area (Å²) in [7, 11) is 2.01. The predicted octanol–water partition coefficient (Wildman–Crippen LogP) is 2.65. The molecule has 0 saturated heterocycles. The number of aromatic hydroxyl groups is 1. The van der Waals surface area contributed by atoms with Crippen LogP contribution in [0.15, 0.2) is 48.5 Å². The molecule has 2 aromatic rings. The third-order valence-electron chi connectivity index (χ3n) is 3.04. The smallest absolute Gasteiger partial charge is 0.117 e. The minimum atomic E-state index is 0.290. The molecule has 94 valence electrons. The molecule has 2 aromatic carbocycles. The number of nitrogens with two attached hydrogens (primary N) is 1. The van der Waals surface area contributed by atoms with Gasteiger partial charge < -0.3 is 15.7 Å². The van der Waals surface area contributed by atoms with Gasteiger partial charge in [0.1, 0.15) is 5.75 Å². The highest BCUT2D eigenvalue weighted by molar-refractivity contribution is 5.51. The molecule has 0 radical (unpaired) electrons. The maximum absolute atomic E-state index is 9.44. The van der Waals surface area contributed by atoms with E-state index >= 15 is 0 Å². The first-order valence-corrected chi connectivity index (χ1v) is 6.00. The van der Waals surface area contributed by atoms with Crippen LogP contribution in [0.25, 0.3) is 0 Å². The number of nitrogens with zero attached hydrogens (tertiary/aromatic N) is 1. The van der Waals surface area contributed by atoms with Crippen molar-refractivity contribution in [3.63, 3.8) is 0 Å². The molecule has 0 aromatic heterocycles. The second-order valence-electron chi connectivity index (χ2n) is 4.39. The summed E-state index contributed by atoms with van der Waals surface area (Å²) in [6, 6.07) is 15.2. The summed E-state index contributed by atoms with van der Waals surface area (Å²) in [5.74, 6) is 0.290. The van der Waals surface area contributed by atoms with Crippen LogP contribution in [0.4, 0.5) is 11.4 Å². The quantitative estimate of drug-likeness (QED) is 0.810. The van der Waals surface area contributed by atoms with Gasteiger partial charge in [-0.25, -0.2) is 0 Å². The van der Waals surface area contributed by atoms with Crippen molar-refractivity contribution in [2.45, 2.75) is 6.42 Å². The van der Waals surface area contributed by atoms with Crippen molar-refractivity contribution in [1.29, 1.82) is 0 Å². The highest BCUT2D eigenvalue weighted by atomic mass is 16.3. The molecule has 3 heteroatoms. The van der Waals surface area contributed by atoms with E-state index in [0.29, 0.717) is 5.75 Å². The number of phenolic OH excluding ortho intramolecular Hbond substituents is 1. The maximum Gasteiger partial charge on any atom is 0.117 e. The first-order chi connectivity index (χ1) is 8.66. The Morgan fingerprint density at radius 1 is 1.11 bits per heavy atom. The molecule has 0 atom stereocenters. The van der Waals surface area contributed by atoms with Gasteiger partial charge >= 0.3 is 0 Å². The summed E-state index contributed by atoms with van der Waals surface area (Å²) in [6.45, 7) is 0.859. The molecule has 0 heterocycles. The summed E-state index contributed by atoms with van der Waals surface area (Å²) in [6.07, 6.45) is 0.888. The third kappa shape index (κ3) is 2.94. The molecule has 0 spiro atoms. The van der Waals surface area contributed by atoms with Crippen LogP contribution in [0, 0.1) is 0 Å². The van der Waals surface area contributed by atoms with Crippen molar-refractivity contribution in [2.75, 3.05) is 24.2 Å². The lowest BCUT2D eigenvalue weighted by Gasteiger charge is -2.19. The molecule has 0 saturated carbocycles. The van der Waals surface area contributed by atoms with E-state index in [1.54, 1.807) is 12.1 Å². The number of phenols is 1. The Kier molecular flexibility index (Phi) is 3.72. The average molecular weight is 242 g/mol. The summed E-state index contributed by atoms with van der Waals surface area (Å²) < 4.78 is 0. The highest BCUT2D eigenvalue weighted by Crippen LogP contribution is 2.19. The van der Waals surface area contributed by atoms with Gasteiger partial charge in [0.2, 0.25) is 0 Å². The van der Waals surface area contributed by atoms with Crippen LogP contribution in [-0.4, -0.2) is 18.7 Å². The molecule has 3 nitrogen and oxygen atoms in total. The molecule has 0 aliphatic carbocycles. The fraction of sp³-hybridized carbons (Fsp3) is 0.200. The zero-order valence-electron chi connectivity index (χ0n) is 10.5. The lowest BCUT2D eigenvalue weighted by molar-refractivity contribution is 0.475. The second kappa shape index (κ2) is 5.45. The fourth-order valence-corrected chi connectivity index (χ4v) is 1.91. The molecular formula is C15H18N2O. The second-order valence-corrected chi connectivity index (χ2v) is 4.39. The minimum absolute atomic E-state index is 0.290. The van der Waals surface area contributed by atoms with Gasteiger partial charge in [0, 0.05) is 31.0 Å². The zero-order valence-corrected chi connectivity index (χ0v) is 10.5. The predicted molar refractivity (Wildman–Crippen MR) is 75.9 cm³/mol. The van der Waals surface area contributed by atoms with Gasteiger partial charge in [-0.15, -0.1) is 0 Å². The number of hydrogen-bond acceptors (Lipinski definition) is 3. The Morgan fingerprint density at radius 3 is 2.61 bits per heavy atom. The van der Waals surface area contributed by atoms with E-state index in [0.717, 1.165) is 29.9 Å². The highest BCUT2D eigenvalue weighted by Gasteiger charge is 2.03. The number of hydrogen-bond donors (Lipinski definition) is 2. The van der Waals surface area contributed by atoms with E-state index in [9.17, 15) is 5.11 Å². The number of nitrogen functional groups attached to an aromatic ring is 1. The Balaban J connectivity index is 2.00. The van der Waals surface area contributed by atoms with Crippen molar-refractivity contribution in [2.24, 2.45) is 0 Å². The van der Waals surface area contributed by atoms with E-state index < -0.39 is 0 Å². The molecule has 0 aliphatic heterocycles. The zero-order chi connectivity index (χ0) is 13.0. The first-order valence-electron chi connectivity index (χ1n) is 6.00.